The van der Waals surface area contributed by atoms with Gasteiger partial charge in [0.15, 0.2) is 0 Å². The monoisotopic (exact) mass is 304 g/mol. The fourth-order valence-corrected chi connectivity index (χ4v) is 2.37. The zero-order valence-corrected chi connectivity index (χ0v) is 12.2. The van der Waals surface area contributed by atoms with Crippen molar-refractivity contribution in [3.05, 3.63) is 0 Å². The molecule has 1 fully saturated rings. The lowest BCUT2D eigenvalue weighted by Crippen LogP contribution is -2.56. The van der Waals surface area contributed by atoms with Crippen molar-refractivity contribution in [3.63, 3.8) is 0 Å². The maximum atomic E-state index is 11.8. The number of alkyl halides is 1. The van der Waals surface area contributed by atoms with Gasteiger partial charge in [0, 0.05) is 31.0 Å². The van der Waals surface area contributed by atoms with E-state index in [1.165, 1.54) is 0 Å². The highest BCUT2D eigenvalue weighted by Crippen LogP contribution is 2.10. The summed E-state index contributed by atoms with van der Waals surface area (Å²) < 4.78 is 0. The van der Waals surface area contributed by atoms with Gasteiger partial charge in [-0.3, -0.25) is 9.59 Å². The number of carbonyl (C=O) groups excluding carboxylic acids is 2. The number of rotatable bonds is 6. The lowest BCUT2D eigenvalue weighted by molar-refractivity contribution is -0.157. The summed E-state index contributed by atoms with van der Waals surface area (Å²) in [6.45, 7) is 5.94. The molecule has 1 saturated heterocycles. The number of hydrogen-bond donors (Lipinski definition) is 0. The van der Waals surface area contributed by atoms with Crippen molar-refractivity contribution in [1.82, 2.24) is 9.80 Å². The van der Waals surface area contributed by atoms with Crippen LogP contribution in [-0.2, 0) is 9.59 Å². The number of piperazine rings is 1. The first-order valence-corrected chi connectivity index (χ1v) is 7.36. The minimum absolute atomic E-state index is 0.113. The Labute approximate surface area is 111 Å². The molecule has 0 spiro atoms. The molecule has 0 radical (unpaired) electrons. The van der Waals surface area contributed by atoms with Crippen LogP contribution in [0, 0.1) is 0 Å². The van der Waals surface area contributed by atoms with Crippen molar-refractivity contribution in [2.45, 2.75) is 39.2 Å². The van der Waals surface area contributed by atoms with Gasteiger partial charge in [-0.2, -0.15) is 0 Å². The first kappa shape index (κ1) is 14.5. The van der Waals surface area contributed by atoms with E-state index < -0.39 is 0 Å². The van der Waals surface area contributed by atoms with Crippen LogP contribution in [-0.4, -0.2) is 52.6 Å². The topological polar surface area (TPSA) is 40.6 Å². The molecule has 17 heavy (non-hydrogen) atoms. The summed E-state index contributed by atoms with van der Waals surface area (Å²) in [4.78, 5) is 27.0. The average molecular weight is 305 g/mol. The Kier molecular flexibility index (Phi) is 5.95. The van der Waals surface area contributed by atoms with E-state index in [2.05, 4.69) is 15.9 Å². The number of nitrogens with zero attached hydrogens (tertiary/aromatic N) is 2. The molecule has 0 aromatic heterocycles. The molecule has 5 heteroatoms. The van der Waals surface area contributed by atoms with E-state index in [1.807, 2.05) is 13.8 Å². The van der Waals surface area contributed by atoms with E-state index in [0.717, 1.165) is 24.6 Å². The average Bonchev–Trinajstić information content (AvgIpc) is 2.29. The number of hydrogen-bond acceptors (Lipinski definition) is 2. The predicted molar refractivity (Wildman–Crippen MR) is 71.1 cm³/mol. The summed E-state index contributed by atoms with van der Waals surface area (Å²) in [5.74, 6) is -0.671. The zero-order valence-electron chi connectivity index (χ0n) is 10.6. The van der Waals surface area contributed by atoms with Gasteiger partial charge < -0.3 is 9.80 Å². The zero-order chi connectivity index (χ0) is 12.8. The molecular weight excluding hydrogens is 284 g/mol. The van der Waals surface area contributed by atoms with Gasteiger partial charge in [0.1, 0.15) is 0 Å². The van der Waals surface area contributed by atoms with E-state index in [1.54, 1.807) is 9.80 Å². The largest absolute Gasteiger partial charge is 0.333 e. The Morgan fingerprint density at radius 1 is 1.12 bits per heavy atom. The fraction of sp³-hybridized carbons (Fsp3) is 0.833. The van der Waals surface area contributed by atoms with Crippen LogP contribution in [0.3, 0.4) is 0 Å². The van der Waals surface area contributed by atoms with Gasteiger partial charge in [-0.15, -0.1) is 0 Å². The van der Waals surface area contributed by atoms with Crippen LogP contribution in [0.5, 0.6) is 0 Å². The fourth-order valence-electron chi connectivity index (χ4n) is 1.97. The normalized spacial score (nSPS) is 17.2. The molecule has 0 bridgehead atoms. The molecule has 0 atom stereocenters. The van der Waals surface area contributed by atoms with Crippen molar-refractivity contribution in [2.24, 2.45) is 0 Å². The smallest absolute Gasteiger partial charge is 0.312 e. The molecule has 1 heterocycles. The van der Waals surface area contributed by atoms with Crippen LogP contribution in [0.1, 0.15) is 33.1 Å². The van der Waals surface area contributed by atoms with E-state index >= 15 is 0 Å². The van der Waals surface area contributed by atoms with Gasteiger partial charge in [0.05, 0.1) is 0 Å². The summed E-state index contributed by atoms with van der Waals surface area (Å²) in [6.07, 6.45) is 3.19. The van der Waals surface area contributed by atoms with Crippen LogP contribution in [0.4, 0.5) is 0 Å². The van der Waals surface area contributed by atoms with E-state index in [9.17, 15) is 9.59 Å². The summed E-state index contributed by atoms with van der Waals surface area (Å²) in [6, 6.07) is 0.113. The second kappa shape index (κ2) is 6.99. The third kappa shape index (κ3) is 3.98. The maximum absolute atomic E-state index is 11.8. The number of halogens is 1. The van der Waals surface area contributed by atoms with E-state index in [-0.39, 0.29) is 17.9 Å². The SMILES string of the molecule is CC(C)N1CCN(CCCCCBr)C(=O)C1=O. The molecule has 0 aromatic rings. The highest BCUT2D eigenvalue weighted by Gasteiger charge is 2.33. The van der Waals surface area contributed by atoms with Crippen molar-refractivity contribution in [3.8, 4) is 0 Å². The minimum Gasteiger partial charge on any atom is -0.333 e. The maximum Gasteiger partial charge on any atom is 0.312 e. The highest BCUT2D eigenvalue weighted by molar-refractivity contribution is 9.09. The number of unbranched alkanes of at least 4 members (excludes halogenated alkanes) is 2. The van der Waals surface area contributed by atoms with Crippen LogP contribution in [0.15, 0.2) is 0 Å². The molecule has 98 valence electrons. The van der Waals surface area contributed by atoms with Crippen LogP contribution in [0.2, 0.25) is 0 Å². The molecule has 2 amide bonds. The second-order valence-electron chi connectivity index (χ2n) is 4.63. The Balaban J connectivity index is 2.40. The Hall–Kier alpha value is -0.580. The first-order chi connectivity index (χ1) is 8.07. The third-order valence-electron chi connectivity index (χ3n) is 3.03. The van der Waals surface area contributed by atoms with E-state index in [4.69, 9.17) is 0 Å². The molecule has 4 nitrogen and oxygen atoms in total. The predicted octanol–water partition coefficient (Wildman–Crippen LogP) is 1.63. The van der Waals surface area contributed by atoms with Crippen molar-refractivity contribution >= 4 is 27.7 Å². The van der Waals surface area contributed by atoms with Gasteiger partial charge in [0.25, 0.3) is 0 Å². The van der Waals surface area contributed by atoms with Gasteiger partial charge in [-0.05, 0) is 26.7 Å². The first-order valence-electron chi connectivity index (χ1n) is 6.23. The summed E-state index contributed by atoms with van der Waals surface area (Å²) in [7, 11) is 0. The second-order valence-corrected chi connectivity index (χ2v) is 5.43. The third-order valence-corrected chi connectivity index (χ3v) is 3.59. The Morgan fingerprint density at radius 3 is 2.41 bits per heavy atom. The van der Waals surface area contributed by atoms with Crippen LogP contribution in [0.25, 0.3) is 0 Å². The molecule has 0 aromatic carbocycles. The van der Waals surface area contributed by atoms with Gasteiger partial charge in [0.2, 0.25) is 0 Å². The van der Waals surface area contributed by atoms with Crippen molar-refractivity contribution < 1.29 is 9.59 Å². The summed E-state index contributed by atoms with van der Waals surface area (Å²) in [5, 5.41) is 1.00. The molecule has 1 aliphatic rings. The summed E-state index contributed by atoms with van der Waals surface area (Å²) in [5.41, 5.74) is 0. The lowest BCUT2D eigenvalue weighted by Gasteiger charge is -2.36. The Morgan fingerprint density at radius 2 is 1.82 bits per heavy atom. The molecular formula is C12H21BrN2O2. The molecule has 1 rings (SSSR count). The molecule has 1 aliphatic heterocycles. The van der Waals surface area contributed by atoms with E-state index in [0.29, 0.717) is 19.6 Å². The molecule has 0 N–H and O–H groups in total. The van der Waals surface area contributed by atoms with Gasteiger partial charge in [-0.1, -0.05) is 22.4 Å². The summed E-state index contributed by atoms with van der Waals surface area (Å²) >= 11 is 3.38. The molecule has 0 aliphatic carbocycles. The molecule has 0 saturated carbocycles. The van der Waals surface area contributed by atoms with Gasteiger partial charge >= 0.3 is 11.8 Å². The van der Waals surface area contributed by atoms with Crippen LogP contribution >= 0.6 is 15.9 Å². The van der Waals surface area contributed by atoms with Crippen LogP contribution < -0.4 is 0 Å². The quantitative estimate of drug-likeness (QED) is 0.425. The number of amides is 2. The Bertz CT molecular complexity index is 282. The van der Waals surface area contributed by atoms with Crippen molar-refractivity contribution in [2.75, 3.05) is 25.0 Å². The highest BCUT2D eigenvalue weighted by atomic mass is 79.9. The van der Waals surface area contributed by atoms with Crippen molar-refractivity contribution in [1.29, 1.82) is 0 Å². The minimum atomic E-state index is -0.341. The lowest BCUT2D eigenvalue weighted by atomic mass is 10.2. The molecule has 0 unspecified atom stereocenters. The standard InChI is InChI=1S/C12H21BrN2O2/c1-10(2)15-9-8-14(11(16)12(15)17)7-5-3-4-6-13/h10H,3-9H2,1-2H3. The number of carbonyl (C=O) groups is 2. The van der Waals surface area contributed by atoms with Gasteiger partial charge in [-0.25, -0.2) is 0 Å².